The summed E-state index contributed by atoms with van der Waals surface area (Å²) in [6.07, 6.45) is 5.82. The summed E-state index contributed by atoms with van der Waals surface area (Å²) in [7, 11) is 1.61. The van der Waals surface area contributed by atoms with Gasteiger partial charge in [0.15, 0.2) is 5.65 Å². The van der Waals surface area contributed by atoms with Gasteiger partial charge in [0.1, 0.15) is 28.7 Å². The van der Waals surface area contributed by atoms with Crippen LogP contribution in [0.15, 0.2) is 36.7 Å². The molecule has 3 aliphatic heterocycles. The molecule has 3 saturated heterocycles. The minimum atomic E-state index is -0.182. The number of halogens is 1. The first-order valence-corrected chi connectivity index (χ1v) is 12.2. The molecule has 3 fully saturated rings. The summed E-state index contributed by atoms with van der Waals surface area (Å²) in [5.41, 5.74) is 4.69. The van der Waals surface area contributed by atoms with Gasteiger partial charge in [0, 0.05) is 23.9 Å². The van der Waals surface area contributed by atoms with E-state index in [0.29, 0.717) is 52.5 Å². The number of aryl methyl sites for hydroxylation is 2. The number of piperidine rings is 3. The van der Waals surface area contributed by atoms with Crippen LogP contribution in [0.5, 0.6) is 5.75 Å². The van der Waals surface area contributed by atoms with E-state index in [0.717, 1.165) is 23.4 Å². The first-order valence-electron chi connectivity index (χ1n) is 12.2. The first-order chi connectivity index (χ1) is 17.0. The summed E-state index contributed by atoms with van der Waals surface area (Å²) in [6, 6.07) is 7.68. The predicted molar refractivity (Wildman–Crippen MR) is 132 cm³/mol. The summed E-state index contributed by atoms with van der Waals surface area (Å²) >= 11 is 0. The number of hydrogen-bond donors (Lipinski definition) is 0. The zero-order valence-electron chi connectivity index (χ0n) is 20.3. The van der Waals surface area contributed by atoms with E-state index in [1.165, 1.54) is 25.9 Å². The second-order valence-corrected chi connectivity index (χ2v) is 9.76. The fourth-order valence-electron chi connectivity index (χ4n) is 5.73. The quantitative estimate of drug-likeness (QED) is 0.426. The number of hydrogen-bond acceptors (Lipinski definition) is 6. The van der Waals surface area contributed by atoms with Crippen molar-refractivity contribution in [3.8, 4) is 17.1 Å². The minimum Gasteiger partial charge on any atom is -0.495 e. The van der Waals surface area contributed by atoms with E-state index >= 15 is 4.39 Å². The zero-order chi connectivity index (χ0) is 24.1. The van der Waals surface area contributed by atoms with Crippen molar-refractivity contribution in [2.45, 2.75) is 39.2 Å². The van der Waals surface area contributed by atoms with Crippen LogP contribution in [-0.4, -0.2) is 56.1 Å². The Labute approximate surface area is 204 Å². The number of aromatic nitrogens is 5. The third kappa shape index (κ3) is 3.95. The van der Waals surface area contributed by atoms with E-state index in [1.807, 2.05) is 30.5 Å². The second-order valence-electron chi connectivity index (χ2n) is 9.76. The van der Waals surface area contributed by atoms with Gasteiger partial charge in [-0.05, 0) is 69.3 Å². The van der Waals surface area contributed by atoms with Crippen molar-refractivity contribution >= 4 is 11.2 Å². The lowest BCUT2D eigenvalue weighted by Gasteiger charge is -2.45. The summed E-state index contributed by atoms with van der Waals surface area (Å²) in [4.78, 5) is 20.8. The normalized spacial score (nSPS) is 21.5. The maximum absolute atomic E-state index is 15.5. The molecule has 7 rings (SSSR count). The number of benzene rings is 1. The number of nitrogens with zero attached hydrogens (tertiary/aromatic N) is 6. The molecule has 6 heterocycles. The second kappa shape index (κ2) is 8.68. The summed E-state index contributed by atoms with van der Waals surface area (Å²) in [5.74, 6) is 2.86. The Kier molecular flexibility index (Phi) is 5.48. The van der Waals surface area contributed by atoms with E-state index in [9.17, 15) is 0 Å². The summed E-state index contributed by atoms with van der Waals surface area (Å²) in [6.45, 7) is 7.49. The molecule has 180 valence electrons. The average molecular weight is 473 g/mol. The van der Waals surface area contributed by atoms with Crippen molar-refractivity contribution in [2.75, 3.05) is 26.7 Å². The molecule has 0 radical (unpaired) electrons. The van der Waals surface area contributed by atoms with Gasteiger partial charge in [-0.15, -0.1) is 0 Å². The maximum atomic E-state index is 15.5. The average Bonchev–Trinajstić information content (AvgIpc) is 3.24. The van der Waals surface area contributed by atoms with Crippen LogP contribution in [0.3, 0.4) is 0 Å². The molecule has 0 spiro atoms. The molecular formula is C27H29FN6O. The Morgan fingerprint density at radius 3 is 2.60 bits per heavy atom. The van der Waals surface area contributed by atoms with Gasteiger partial charge in [0.2, 0.25) is 0 Å². The van der Waals surface area contributed by atoms with E-state index in [1.54, 1.807) is 25.6 Å². The van der Waals surface area contributed by atoms with Gasteiger partial charge in [0.05, 0.1) is 25.5 Å². The lowest BCUT2D eigenvalue weighted by Crippen LogP contribution is -2.46. The molecular weight excluding hydrogens is 443 g/mol. The highest BCUT2D eigenvalue weighted by molar-refractivity contribution is 5.79. The molecule has 2 bridgehead atoms. The Hall–Kier alpha value is -3.39. The van der Waals surface area contributed by atoms with Crippen LogP contribution in [-0.2, 0) is 6.54 Å². The molecule has 8 heteroatoms. The lowest BCUT2D eigenvalue weighted by atomic mass is 9.75. The van der Waals surface area contributed by atoms with Crippen molar-refractivity contribution in [3.63, 3.8) is 0 Å². The van der Waals surface area contributed by atoms with Crippen molar-refractivity contribution in [1.29, 1.82) is 0 Å². The fraction of sp³-hybridized carbons (Fsp3) is 0.407. The zero-order valence-corrected chi connectivity index (χ0v) is 20.3. The SMILES string of the molecule is COc1cncc(-c2nc3c(C)nc(C)nc3n2Cc2ccc(C3CN4CCC3CC4)cc2F)c1. The molecule has 1 aromatic carbocycles. The lowest BCUT2D eigenvalue weighted by molar-refractivity contribution is 0.0870. The molecule has 1 atom stereocenters. The van der Waals surface area contributed by atoms with Crippen LogP contribution >= 0.6 is 0 Å². The molecule has 0 saturated carbocycles. The van der Waals surface area contributed by atoms with Crippen LogP contribution in [0.2, 0.25) is 0 Å². The number of pyridine rings is 1. The highest BCUT2D eigenvalue weighted by Crippen LogP contribution is 2.39. The molecule has 3 aliphatic rings. The van der Waals surface area contributed by atoms with Gasteiger partial charge in [-0.2, -0.15) is 0 Å². The topological polar surface area (TPSA) is 69.0 Å². The number of imidazole rings is 1. The predicted octanol–water partition coefficient (Wildman–Crippen LogP) is 4.51. The van der Waals surface area contributed by atoms with Gasteiger partial charge in [-0.1, -0.05) is 12.1 Å². The summed E-state index contributed by atoms with van der Waals surface area (Å²) < 4.78 is 22.9. The van der Waals surface area contributed by atoms with Crippen molar-refractivity contribution in [1.82, 2.24) is 29.4 Å². The number of rotatable bonds is 5. The van der Waals surface area contributed by atoms with Crippen LogP contribution in [0.25, 0.3) is 22.6 Å². The molecule has 0 aliphatic carbocycles. The van der Waals surface area contributed by atoms with Crippen molar-refractivity contribution in [2.24, 2.45) is 5.92 Å². The number of ether oxygens (including phenoxy) is 1. The molecule has 0 amide bonds. The van der Waals surface area contributed by atoms with Gasteiger partial charge in [0.25, 0.3) is 0 Å². The molecule has 7 nitrogen and oxygen atoms in total. The van der Waals surface area contributed by atoms with Crippen LogP contribution in [0.1, 0.15) is 41.4 Å². The van der Waals surface area contributed by atoms with E-state index in [2.05, 4.69) is 25.9 Å². The smallest absolute Gasteiger partial charge is 0.164 e. The molecule has 4 aromatic rings. The Morgan fingerprint density at radius 1 is 1.06 bits per heavy atom. The number of fused-ring (bicyclic) bond motifs is 4. The van der Waals surface area contributed by atoms with Gasteiger partial charge in [-0.3, -0.25) is 4.98 Å². The Balaban J connectivity index is 1.41. The van der Waals surface area contributed by atoms with E-state index in [4.69, 9.17) is 9.72 Å². The van der Waals surface area contributed by atoms with Crippen LogP contribution in [0.4, 0.5) is 4.39 Å². The highest BCUT2D eigenvalue weighted by atomic mass is 19.1. The van der Waals surface area contributed by atoms with Crippen molar-refractivity contribution in [3.05, 3.63) is 65.1 Å². The fourth-order valence-corrected chi connectivity index (χ4v) is 5.73. The van der Waals surface area contributed by atoms with Gasteiger partial charge < -0.3 is 14.2 Å². The highest BCUT2D eigenvalue weighted by Gasteiger charge is 2.35. The molecule has 0 N–H and O–H groups in total. The molecule has 35 heavy (non-hydrogen) atoms. The Morgan fingerprint density at radius 2 is 1.89 bits per heavy atom. The van der Waals surface area contributed by atoms with E-state index < -0.39 is 0 Å². The first kappa shape index (κ1) is 22.1. The Bertz CT molecular complexity index is 1410. The van der Waals surface area contributed by atoms with Crippen LogP contribution in [0, 0.1) is 25.6 Å². The monoisotopic (exact) mass is 472 g/mol. The largest absolute Gasteiger partial charge is 0.495 e. The third-order valence-electron chi connectivity index (χ3n) is 7.58. The third-order valence-corrected chi connectivity index (χ3v) is 7.58. The molecule has 1 unspecified atom stereocenters. The molecule has 3 aromatic heterocycles. The minimum absolute atomic E-state index is 0.182. The van der Waals surface area contributed by atoms with Gasteiger partial charge >= 0.3 is 0 Å². The van der Waals surface area contributed by atoms with E-state index in [-0.39, 0.29) is 5.82 Å². The van der Waals surface area contributed by atoms with Gasteiger partial charge in [-0.25, -0.2) is 19.3 Å². The van der Waals surface area contributed by atoms with Crippen LogP contribution < -0.4 is 4.74 Å². The standard InChI is InChI=1S/C27H29FN6O/c1-16-25-27(31-17(2)30-16)34(26(32-25)21-10-22(35-3)13-29-12-21)14-20-5-4-19(11-24(20)28)23-15-33-8-6-18(23)7-9-33/h4-5,10-13,18,23H,6-9,14-15H2,1-3H3. The number of methoxy groups -OCH3 is 1. The van der Waals surface area contributed by atoms with Crippen molar-refractivity contribution < 1.29 is 9.13 Å². The summed E-state index contributed by atoms with van der Waals surface area (Å²) in [5, 5.41) is 0. The maximum Gasteiger partial charge on any atom is 0.164 e.